The molecular formula is C14H15F4N3OS2. The van der Waals surface area contributed by atoms with Gasteiger partial charge in [-0.15, -0.1) is 16.5 Å². The molecule has 0 amide bonds. The van der Waals surface area contributed by atoms with Crippen LogP contribution in [0.2, 0.25) is 0 Å². The second-order valence-corrected chi connectivity index (χ2v) is 9.33. The first-order chi connectivity index (χ1) is 10.9. The lowest BCUT2D eigenvalue weighted by atomic mass is 9.90. The van der Waals surface area contributed by atoms with Crippen LogP contribution in [-0.2, 0) is 23.1 Å². The first kappa shape index (κ1) is 19.3. The summed E-state index contributed by atoms with van der Waals surface area (Å²) >= 11 is -0.772. The minimum absolute atomic E-state index is 0.00986. The molecule has 0 radical (unpaired) electrons. The Morgan fingerprint density at radius 3 is 2.54 bits per heavy atom. The van der Waals surface area contributed by atoms with Gasteiger partial charge < -0.3 is 4.55 Å². The predicted molar refractivity (Wildman–Crippen MR) is 82.9 cm³/mol. The van der Waals surface area contributed by atoms with Crippen LogP contribution in [0.3, 0.4) is 0 Å². The molecule has 0 aromatic carbocycles. The van der Waals surface area contributed by atoms with E-state index in [9.17, 15) is 27.4 Å². The molecule has 2 atom stereocenters. The molecule has 1 N–H and O–H groups in total. The fourth-order valence-electron chi connectivity index (χ4n) is 2.11. The third-order valence-electron chi connectivity index (χ3n) is 3.44. The van der Waals surface area contributed by atoms with Gasteiger partial charge in [0.1, 0.15) is 4.75 Å². The van der Waals surface area contributed by atoms with Crippen molar-refractivity contribution in [3.8, 4) is 6.07 Å². The van der Waals surface area contributed by atoms with Crippen molar-refractivity contribution in [1.82, 2.24) is 9.71 Å². The van der Waals surface area contributed by atoms with Crippen molar-refractivity contribution in [1.29, 1.82) is 5.26 Å². The van der Waals surface area contributed by atoms with Crippen molar-refractivity contribution >= 4 is 23.1 Å². The smallest absolute Gasteiger partial charge is 0.436 e. The topological polar surface area (TPSA) is 71.8 Å². The number of nitrogens with zero attached hydrogens (tertiary/aromatic N) is 2. The minimum atomic E-state index is -4.92. The summed E-state index contributed by atoms with van der Waals surface area (Å²) in [5.41, 5.74) is -3.17. The van der Waals surface area contributed by atoms with E-state index in [1.807, 2.05) is 6.07 Å². The fourth-order valence-corrected chi connectivity index (χ4v) is 4.21. The van der Waals surface area contributed by atoms with Crippen LogP contribution in [0.4, 0.5) is 17.6 Å². The SMILES string of the molecule is CC(C)(C)[S@+]([O-])N[C@@]1(C#N)CCSc2c1cnc(C(F)(F)F)c2F. The summed E-state index contributed by atoms with van der Waals surface area (Å²) in [4.78, 5) is 2.90. The van der Waals surface area contributed by atoms with Crippen molar-refractivity contribution < 1.29 is 22.1 Å². The molecule has 0 bridgehead atoms. The maximum Gasteiger partial charge on any atom is 0.436 e. The van der Waals surface area contributed by atoms with Crippen LogP contribution in [0.1, 0.15) is 38.4 Å². The van der Waals surface area contributed by atoms with Crippen LogP contribution < -0.4 is 4.72 Å². The first-order valence-electron chi connectivity index (χ1n) is 6.92. The molecule has 0 unspecified atom stereocenters. The zero-order valence-electron chi connectivity index (χ0n) is 13.1. The number of alkyl halides is 3. The Labute approximate surface area is 144 Å². The summed E-state index contributed by atoms with van der Waals surface area (Å²) in [5, 5.41) is 9.59. The van der Waals surface area contributed by atoms with E-state index in [-0.39, 0.29) is 22.6 Å². The van der Waals surface area contributed by atoms with Crippen LogP contribution in [0, 0.1) is 17.1 Å². The average Bonchev–Trinajstić information content (AvgIpc) is 2.46. The minimum Gasteiger partial charge on any atom is -0.598 e. The lowest BCUT2D eigenvalue weighted by Gasteiger charge is -2.36. The van der Waals surface area contributed by atoms with Gasteiger partial charge in [0, 0.05) is 28.9 Å². The Kier molecular flexibility index (Phi) is 5.12. The summed E-state index contributed by atoms with van der Waals surface area (Å²) in [6, 6.07) is 1.96. The highest BCUT2D eigenvalue weighted by atomic mass is 32.2. The number of rotatable bonds is 2. The van der Waals surface area contributed by atoms with Gasteiger partial charge >= 0.3 is 6.18 Å². The Morgan fingerprint density at radius 2 is 2.04 bits per heavy atom. The summed E-state index contributed by atoms with van der Waals surface area (Å²) in [6.07, 6.45) is -3.90. The number of hydrogen-bond donors (Lipinski definition) is 1. The molecule has 1 aromatic heterocycles. The number of hydrogen-bond acceptors (Lipinski definition) is 5. The van der Waals surface area contributed by atoms with E-state index in [0.29, 0.717) is 0 Å². The monoisotopic (exact) mass is 381 g/mol. The summed E-state index contributed by atoms with van der Waals surface area (Å²) in [6.45, 7) is 5.06. The van der Waals surface area contributed by atoms with Crippen LogP contribution in [0.5, 0.6) is 0 Å². The van der Waals surface area contributed by atoms with Crippen molar-refractivity contribution in [2.75, 3.05) is 5.75 Å². The second kappa shape index (κ2) is 6.37. The third kappa shape index (κ3) is 3.49. The Hall–Kier alpha value is -1.02. The Bertz CT molecular complexity index is 684. The molecule has 0 saturated heterocycles. The number of halogens is 4. The molecule has 1 aliphatic rings. The molecule has 2 rings (SSSR count). The predicted octanol–water partition coefficient (Wildman–Crippen LogP) is 3.51. The van der Waals surface area contributed by atoms with Gasteiger partial charge in [-0.2, -0.15) is 18.4 Å². The highest BCUT2D eigenvalue weighted by Gasteiger charge is 2.47. The maximum absolute atomic E-state index is 14.3. The number of nitriles is 1. The molecule has 0 saturated carbocycles. The van der Waals surface area contributed by atoms with E-state index in [4.69, 9.17) is 0 Å². The number of pyridine rings is 1. The zero-order chi connectivity index (χ0) is 18.3. The van der Waals surface area contributed by atoms with Crippen LogP contribution in [0.25, 0.3) is 0 Å². The van der Waals surface area contributed by atoms with Gasteiger partial charge in [0.15, 0.2) is 17.1 Å². The van der Waals surface area contributed by atoms with Gasteiger partial charge in [0.05, 0.1) is 11.0 Å². The van der Waals surface area contributed by atoms with E-state index in [2.05, 4.69) is 9.71 Å². The Balaban J connectivity index is 2.55. The molecule has 1 aliphatic heterocycles. The van der Waals surface area contributed by atoms with Gasteiger partial charge in [-0.25, -0.2) is 9.37 Å². The van der Waals surface area contributed by atoms with Gasteiger partial charge in [-0.1, -0.05) is 0 Å². The fraction of sp³-hybridized carbons (Fsp3) is 0.571. The molecule has 0 fully saturated rings. The van der Waals surface area contributed by atoms with Gasteiger partial charge in [0.2, 0.25) is 0 Å². The molecule has 24 heavy (non-hydrogen) atoms. The Morgan fingerprint density at radius 1 is 1.42 bits per heavy atom. The van der Waals surface area contributed by atoms with Crippen molar-refractivity contribution in [3.63, 3.8) is 0 Å². The average molecular weight is 381 g/mol. The number of aromatic nitrogens is 1. The quantitative estimate of drug-likeness (QED) is 0.627. The lowest BCUT2D eigenvalue weighted by Crippen LogP contribution is -2.52. The summed E-state index contributed by atoms with van der Waals surface area (Å²) < 4.78 is 67.1. The van der Waals surface area contributed by atoms with E-state index in [1.54, 1.807) is 20.8 Å². The molecule has 4 nitrogen and oxygen atoms in total. The van der Waals surface area contributed by atoms with Crippen molar-refractivity contribution in [3.05, 3.63) is 23.3 Å². The zero-order valence-corrected chi connectivity index (χ0v) is 14.8. The number of fused-ring (bicyclic) bond motifs is 1. The molecule has 0 aliphatic carbocycles. The van der Waals surface area contributed by atoms with Gasteiger partial charge in [0.25, 0.3) is 0 Å². The highest BCUT2D eigenvalue weighted by Crippen LogP contribution is 2.44. The largest absolute Gasteiger partial charge is 0.598 e. The van der Waals surface area contributed by atoms with E-state index in [1.165, 1.54) is 0 Å². The van der Waals surface area contributed by atoms with E-state index in [0.717, 1.165) is 18.0 Å². The highest BCUT2D eigenvalue weighted by molar-refractivity contribution is 7.99. The molecule has 0 spiro atoms. The summed E-state index contributed by atoms with van der Waals surface area (Å²) in [7, 11) is 0. The van der Waals surface area contributed by atoms with Gasteiger partial charge in [-0.3, -0.25) is 0 Å². The van der Waals surface area contributed by atoms with Crippen LogP contribution in [-0.4, -0.2) is 20.0 Å². The molecule has 132 valence electrons. The van der Waals surface area contributed by atoms with Crippen molar-refractivity contribution in [2.45, 2.75) is 48.5 Å². The maximum atomic E-state index is 14.3. The van der Waals surface area contributed by atoms with Crippen LogP contribution in [0.15, 0.2) is 11.1 Å². The molecular weight excluding hydrogens is 366 g/mol. The summed E-state index contributed by atoms with van der Waals surface area (Å²) in [5.74, 6) is -1.28. The van der Waals surface area contributed by atoms with Crippen molar-refractivity contribution in [2.24, 2.45) is 0 Å². The third-order valence-corrected chi connectivity index (χ3v) is 6.18. The molecule has 10 heteroatoms. The van der Waals surface area contributed by atoms with E-state index >= 15 is 0 Å². The second-order valence-electron chi connectivity index (χ2n) is 6.26. The number of thioether (sulfide) groups is 1. The molecule has 1 aromatic rings. The van der Waals surface area contributed by atoms with E-state index < -0.39 is 39.3 Å². The number of nitrogens with one attached hydrogen (secondary N) is 1. The lowest BCUT2D eigenvalue weighted by molar-refractivity contribution is -0.144. The van der Waals surface area contributed by atoms with Gasteiger partial charge in [-0.05, 0) is 27.2 Å². The normalized spacial score (nSPS) is 22.6. The van der Waals surface area contributed by atoms with Crippen LogP contribution >= 0.6 is 11.8 Å². The standard InChI is InChI=1S/C14H15F4N3OS2/c1-12(2,3)24(22)21-13(7-19)4-5-23-10-8(13)6-20-11(9(10)15)14(16,17)18/h6,21H,4-5H2,1-3H3/t13-,24+/m1/s1. The molecule has 2 heterocycles. The first-order valence-corrected chi connectivity index (χ1v) is 9.06.